The van der Waals surface area contributed by atoms with E-state index in [0.717, 1.165) is 37.5 Å². The minimum Gasteiger partial charge on any atom is -0.370 e. The molecule has 0 fully saturated rings. The third-order valence-corrected chi connectivity index (χ3v) is 4.53. The summed E-state index contributed by atoms with van der Waals surface area (Å²) in [5.41, 5.74) is -0.186. The summed E-state index contributed by atoms with van der Waals surface area (Å²) in [4.78, 5) is 7.90. The molecule has 0 saturated carbocycles. The summed E-state index contributed by atoms with van der Waals surface area (Å²) in [6.45, 7) is 6.22. The van der Waals surface area contributed by atoms with Crippen LogP contribution in [0.25, 0.3) is 0 Å². The number of alkyl halides is 3. The van der Waals surface area contributed by atoms with Crippen LogP contribution >= 0.6 is 0 Å². The third-order valence-electron chi connectivity index (χ3n) is 4.53. The van der Waals surface area contributed by atoms with Crippen molar-refractivity contribution in [2.24, 2.45) is 9.98 Å². The Kier molecular flexibility index (Phi) is 13.5. The molecular formula is C23H34F4N4O. The largest absolute Gasteiger partial charge is 0.431 e. The maximum atomic E-state index is 13.6. The maximum absolute atomic E-state index is 13.6. The molecule has 0 aromatic carbocycles. The molecule has 0 bridgehead atoms. The zero-order valence-corrected chi connectivity index (χ0v) is 18.8. The maximum Gasteiger partial charge on any atom is 0.431 e. The van der Waals surface area contributed by atoms with Gasteiger partial charge in [-0.05, 0) is 64.2 Å². The zero-order chi connectivity index (χ0) is 23.8. The van der Waals surface area contributed by atoms with Crippen LogP contribution in [0.2, 0.25) is 0 Å². The van der Waals surface area contributed by atoms with Crippen molar-refractivity contribution in [3.05, 3.63) is 47.5 Å². The van der Waals surface area contributed by atoms with Gasteiger partial charge in [0.25, 0.3) is 0 Å². The van der Waals surface area contributed by atoms with Crippen molar-refractivity contribution in [3.63, 3.8) is 0 Å². The fourth-order valence-corrected chi connectivity index (χ4v) is 2.81. The van der Waals surface area contributed by atoms with E-state index in [9.17, 15) is 17.6 Å². The molecule has 2 N–H and O–H groups in total. The number of allylic oxidation sites excluding steroid dienone is 6. The van der Waals surface area contributed by atoms with E-state index in [1.165, 1.54) is 13.0 Å². The Balaban J connectivity index is 2.76. The zero-order valence-electron chi connectivity index (χ0n) is 18.8. The lowest BCUT2D eigenvalue weighted by atomic mass is 10.1. The van der Waals surface area contributed by atoms with Crippen LogP contribution in [-0.2, 0) is 4.74 Å². The van der Waals surface area contributed by atoms with Gasteiger partial charge in [-0.3, -0.25) is 9.98 Å². The molecule has 1 unspecified atom stereocenters. The quantitative estimate of drug-likeness (QED) is 0.176. The van der Waals surface area contributed by atoms with Crippen LogP contribution in [0.4, 0.5) is 17.6 Å². The molecule has 0 aromatic heterocycles. The first-order valence-corrected chi connectivity index (χ1v) is 10.7. The van der Waals surface area contributed by atoms with Gasteiger partial charge in [-0.25, -0.2) is 4.39 Å². The van der Waals surface area contributed by atoms with Crippen molar-refractivity contribution in [2.45, 2.75) is 51.3 Å². The number of amidine groups is 1. The van der Waals surface area contributed by atoms with E-state index in [1.807, 2.05) is 7.05 Å². The van der Waals surface area contributed by atoms with Gasteiger partial charge in [0.15, 0.2) is 0 Å². The Hall–Kier alpha value is -2.26. The van der Waals surface area contributed by atoms with Crippen LogP contribution in [0.3, 0.4) is 0 Å². The number of ether oxygens (including phenoxy) is 1. The Labute approximate surface area is 188 Å². The van der Waals surface area contributed by atoms with Gasteiger partial charge in [0.05, 0.1) is 19.3 Å². The smallest absolute Gasteiger partial charge is 0.370 e. The van der Waals surface area contributed by atoms with E-state index in [-0.39, 0.29) is 31.2 Å². The molecule has 1 rings (SSSR count). The molecule has 5 nitrogen and oxygen atoms in total. The molecule has 0 radical (unpaired) electrons. The topological polar surface area (TPSA) is 58.0 Å². The first kappa shape index (κ1) is 27.8. The lowest BCUT2D eigenvalue weighted by Gasteiger charge is -2.18. The van der Waals surface area contributed by atoms with Gasteiger partial charge in [-0.15, -0.1) is 0 Å². The Morgan fingerprint density at radius 3 is 2.75 bits per heavy atom. The predicted octanol–water partition coefficient (Wildman–Crippen LogP) is 5.05. The minimum absolute atomic E-state index is 0.0453. The number of rotatable bonds is 13. The Morgan fingerprint density at radius 2 is 2.06 bits per heavy atom. The number of aliphatic imine (C=N–C) groups is 2. The fraction of sp³-hybridized carbons (Fsp3) is 0.565. The molecule has 0 heterocycles. The number of nitrogens with zero attached hydrogens (tertiary/aromatic N) is 2. The van der Waals surface area contributed by atoms with Crippen LogP contribution in [0.15, 0.2) is 57.5 Å². The van der Waals surface area contributed by atoms with Crippen LogP contribution in [0, 0.1) is 0 Å². The van der Waals surface area contributed by atoms with Crippen LogP contribution in [0.5, 0.6) is 0 Å². The van der Waals surface area contributed by atoms with Crippen molar-refractivity contribution < 1.29 is 22.3 Å². The molecular weight excluding hydrogens is 424 g/mol. The van der Waals surface area contributed by atoms with Gasteiger partial charge < -0.3 is 15.4 Å². The molecule has 0 aliphatic heterocycles. The highest BCUT2D eigenvalue weighted by Gasteiger charge is 2.35. The van der Waals surface area contributed by atoms with E-state index in [0.29, 0.717) is 13.0 Å². The van der Waals surface area contributed by atoms with E-state index >= 15 is 0 Å². The molecule has 0 aromatic rings. The van der Waals surface area contributed by atoms with Gasteiger partial charge in [0, 0.05) is 13.0 Å². The van der Waals surface area contributed by atoms with E-state index in [4.69, 9.17) is 4.74 Å². The summed E-state index contributed by atoms with van der Waals surface area (Å²) >= 11 is 0. The third kappa shape index (κ3) is 12.6. The summed E-state index contributed by atoms with van der Waals surface area (Å²) < 4.78 is 59.7. The lowest BCUT2D eigenvalue weighted by Crippen LogP contribution is -2.34. The number of hydrogen-bond donors (Lipinski definition) is 2. The molecule has 0 amide bonds. The highest BCUT2D eigenvalue weighted by atomic mass is 19.4. The number of unbranched alkanes of at least 4 members (excludes halogenated alkanes) is 2. The van der Waals surface area contributed by atoms with Crippen molar-refractivity contribution in [2.75, 3.05) is 33.3 Å². The fourth-order valence-electron chi connectivity index (χ4n) is 2.81. The summed E-state index contributed by atoms with van der Waals surface area (Å²) in [6.07, 6.45) is 5.44. The van der Waals surface area contributed by atoms with Crippen molar-refractivity contribution >= 4 is 12.6 Å². The van der Waals surface area contributed by atoms with E-state index in [1.54, 1.807) is 18.2 Å². The van der Waals surface area contributed by atoms with E-state index in [2.05, 4.69) is 27.3 Å². The number of nitrogens with one attached hydrogen (secondary N) is 2. The molecule has 180 valence electrons. The van der Waals surface area contributed by atoms with E-state index < -0.39 is 18.0 Å². The molecule has 1 aliphatic carbocycles. The second kappa shape index (κ2) is 15.5. The van der Waals surface area contributed by atoms with Gasteiger partial charge in [0.2, 0.25) is 0 Å². The molecule has 1 atom stereocenters. The van der Waals surface area contributed by atoms with Crippen LogP contribution < -0.4 is 10.6 Å². The van der Waals surface area contributed by atoms with Gasteiger partial charge in [-0.1, -0.05) is 24.6 Å². The Morgan fingerprint density at radius 1 is 1.28 bits per heavy atom. The molecule has 32 heavy (non-hydrogen) atoms. The van der Waals surface area contributed by atoms with Crippen molar-refractivity contribution in [1.82, 2.24) is 10.6 Å². The summed E-state index contributed by atoms with van der Waals surface area (Å²) in [5.74, 6) is -0.133. The molecule has 0 saturated heterocycles. The SMILES string of the molecule is C=NCC(=NCCCCCNC)N/C(=C\C(C)OC/C1=C/C=CC/C(F)=C\C1)C(F)(F)F. The Bertz CT molecular complexity index is 724. The average Bonchev–Trinajstić information content (AvgIpc) is 2.72. The molecule has 0 spiro atoms. The van der Waals surface area contributed by atoms with Crippen molar-refractivity contribution in [1.29, 1.82) is 0 Å². The summed E-state index contributed by atoms with van der Waals surface area (Å²) in [7, 11) is 1.87. The minimum atomic E-state index is -4.61. The van der Waals surface area contributed by atoms with Gasteiger partial charge >= 0.3 is 6.18 Å². The predicted molar refractivity (Wildman–Crippen MR) is 123 cm³/mol. The number of hydrogen-bond acceptors (Lipinski definition) is 4. The highest BCUT2D eigenvalue weighted by molar-refractivity contribution is 5.86. The highest BCUT2D eigenvalue weighted by Crippen LogP contribution is 2.24. The van der Waals surface area contributed by atoms with Gasteiger partial charge in [0.1, 0.15) is 17.4 Å². The standard InChI is InChI=1S/C23H34F4N4O/c1-18(32-17-19-9-5-6-10-20(24)12-11-19)15-21(23(25,26)27)31-22(16-29-3)30-14-8-4-7-13-28-2/h5-6,9,12,15,18,28H,3-4,7-8,10-11,13-14,16-17H2,1-2H3,(H,30,31)/b6-5?,19-9+,20-12+,21-15-. The van der Waals surface area contributed by atoms with Crippen LogP contribution in [0.1, 0.15) is 39.0 Å². The first-order valence-electron chi connectivity index (χ1n) is 10.7. The first-order chi connectivity index (χ1) is 15.3. The second-order valence-corrected chi connectivity index (χ2v) is 7.41. The average molecular weight is 459 g/mol. The molecule has 1 aliphatic rings. The van der Waals surface area contributed by atoms with Gasteiger partial charge in [-0.2, -0.15) is 13.2 Å². The second-order valence-electron chi connectivity index (χ2n) is 7.41. The summed E-state index contributed by atoms with van der Waals surface area (Å²) in [6, 6.07) is 0. The van der Waals surface area contributed by atoms with Crippen molar-refractivity contribution in [3.8, 4) is 0 Å². The summed E-state index contributed by atoms with van der Waals surface area (Å²) in [5, 5.41) is 5.41. The lowest BCUT2D eigenvalue weighted by molar-refractivity contribution is -0.0960. The normalized spacial score (nSPS) is 19.9. The van der Waals surface area contributed by atoms with Crippen LogP contribution in [-0.4, -0.2) is 58.1 Å². The number of halogens is 4. The monoisotopic (exact) mass is 458 g/mol. The molecule has 9 heteroatoms.